The summed E-state index contributed by atoms with van der Waals surface area (Å²) in [5.74, 6) is 0.228. The second-order valence-electron chi connectivity index (χ2n) is 5.70. The number of thiophene rings is 1. The van der Waals surface area contributed by atoms with Crippen LogP contribution in [0.15, 0.2) is 22.8 Å². The predicted molar refractivity (Wildman–Crippen MR) is 96.3 cm³/mol. The predicted octanol–water partition coefficient (Wildman–Crippen LogP) is 3.80. The van der Waals surface area contributed by atoms with Crippen molar-refractivity contribution in [1.82, 2.24) is 4.90 Å². The van der Waals surface area contributed by atoms with Gasteiger partial charge in [-0.05, 0) is 25.0 Å². The number of carbonyl (C=O) groups excluding carboxylic acids is 2. The fraction of sp³-hybridized carbons (Fsp3) is 0.389. The minimum absolute atomic E-state index is 0.155. The summed E-state index contributed by atoms with van der Waals surface area (Å²) in [5, 5.41) is 10.3. The molecule has 0 bridgehead atoms. The van der Waals surface area contributed by atoms with E-state index in [2.05, 4.69) is 6.07 Å². The highest BCUT2D eigenvalue weighted by Crippen LogP contribution is 2.42. The van der Waals surface area contributed by atoms with E-state index in [4.69, 9.17) is 9.15 Å². The van der Waals surface area contributed by atoms with E-state index in [0.717, 1.165) is 10.4 Å². The fourth-order valence-corrected chi connectivity index (χ4v) is 4.26. The van der Waals surface area contributed by atoms with Crippen LogP contribution in [0.25, 0.3) is 0 Å². The number of hydrogen-bond acceptors (Lipinski definition) is 6. The molecule has 0 fully saturated rings. The lowest BCUT2D eigenvalue weighted by Gasteiger charge is -2.25. The molecule has 3 heterocycles. The SMILES string of the molecule is CCOC(=O)N1CCc2c(sc(N(C(=O)CC)c3ccco3)c2C#N)C1. The lowest BCUT2D eigenvalue weighted by molar-refractivity contribution is -0.117. The summed E-state index contributed by atoms with van der Waals surface area (Å²) in [6.45, 7) is 4.71. The van der Waals surface area contributed by atoms with E-state index < -0.39 is 0 Å². The molecule has 0 N–H and O–H groups in total. The Balaban J connectivity index is 2.01. The molecule has 0 radical (unpaired) electrons. The van der Waals surface area contributed by atoms with Gasteiger partial charge in [0.15, 0.2) is 0 Å². The number of amides is 2. The van der Waals surface area contributed by atoms with E-state index >= 15 is 0 Å². The van der Waals surface area contributed by atoms with Gasteiger partial charge in [0.05, 0.1) is 25.0 Å². The number of nitriles is 1. The summed E-state index contributed by atoms with van der Waals surface area (Å²) in [5.41, 5.74) is 1.38. The van der Waals surface area contributed by atoms with Gasteiger partial charge in [0.25, 0.3) is 0 Å². The first-order valence-corrected chi connectivity index (χ1v) is 9.25. The van der Waals surface area contributed by atoms with E-state index in [1.807, 2.05) is 0 Å². The van der Waals surface area contributed by atoms with Crippen LogP contribution in [-0.2, 0) is 22.5 Å². The average molecular weight is 373 g/mol. The molecule has 0 unspecified atom stereocenters. The zero-order chi connectivity index (χ0) is 18.7. The molecule has 7 nitrogen and oxygen atoms in total. The maximum Gasteiger partial charge on any atom is 0.410 e. The molecule has 2 aromatic heterocycles. The Morgan fingerprint density at radius 2 is 2.27 bits per heavy atom. The van der Waals surface area contributed by atoms with Crippen molar-refractivity contribution in [3.8, 4) is 6.07 Å². The Labute approximate surface area is 155 Å². The lowest BCUT2D eigenvalue weighted by Crippen LogP contribution is -2.35. The highest BCUT2D eigenvalue weighted by Gasteiger charge is 2.32. The van der Waals surface area contributed by atoms with Crippen LogP contribution in [0.1, 0.15) is 36.3 Å². The summed E-state index contributed by atoms with van der Waals surface area (Å²) in [6.07, 6.45) is 1.97. The van der Waals surface area contributed by atoms with Crippen molar-refractivity contribution in [2.45, 2.75) is 33.2 Å². The third kappa shape index (κ3) is 3.18. The summed E-state index contributed by atoms with van der Waals surface area (Å²) in [6, 6.07) is 5.63. The Hall–Kier alpha value is -2.79. The van der Waals surface area contributed by atoms with Crippen molar-refractivity contribution >= 4 is 34.2 Å². The molecular formula is C18H19N3O4S. The van der Waals surface area contributed by atoms with Crippen LogP contribution in [0.4, 0.5) is 15.7 Å². The van der Waals surface area contributed by atoms with Gasteiger partial charge in [-0.1, -0.05) is 6.92 Å². The molecule has 2 aromatic rings. The van der Waals surface area contributed by atoms with Crippen LogP contribution in [-0.4, -0.2) is 30.1 Å². The largest absolute Gasteiger partial charge is 0.450 e. The zero-order valence-corrected chi connectivity index (χ0v) is 15.5. The van der Waals surface area contributed by atoms with Crippen LogP contribution in [0, 0.1) is 11.3 Å². The number of furan rings is 1. The van der Waals surface area contributed by atoms with Gasteiger partial charge in [0.2, 0.25) is 11.8 Å². The van der Waals surface area contributed by atoms with E-state index in [9.17, 15) is 14.9 Å². The summed E-state index contributed by atoms with van der Waals surface area (Å²) >= 11 is 1.35. The standard InChI is InChI=1S/C18H19N3O4S/c1-3-15(22)21(16-6-5-9-25-16)17-13(10-19)12-7-8-20(11-14(12)26-17)18(23)24-4-2/h5-6,9H,3-4,7-8,11H2,1-2H3. The monoisotopic (exact) mass is 373 g/mol. The van der Waals surface area contributed by atoms with E-state index in [1.165, 1.54) is 22.5 Å². The van der Waals surface area contributed by atoms with E-state index in [-0.39, 0.29) is 18.4 Å². The smallest absolute Gasteiger partial charge is 0.410 e. The highest BCUT2D eigenvalue weighted by molar-refractivity contribution is 7.16. The molecule has 0 atom stereocenters. The molecule has 0 aromatic carbocycles. The van der Waals surface area contributed by atoms with Crippen molar-refractivity contribution in [1.29, 1.82) is 5.26 Å². The normalized spacial score (nSPS) is 13.0. The first-order valence-electron chi connectivity index (χ1n) is 8.43. The van der Waals surface area contributed by atoms with Gasteiger partial charge in [-0.3, -0.25) is 4.79 Å². The van der Waals surface area contributed by atoms with Crippen LogP contribution in [0.5, 0.6) is 0 Å². The number of fused-ring (bicyclic) bond motifs is 1. The maximum atomic E-state index is 12.5. The average Bonchev–Trinajstić information content (AvgIpc) is 3.29. The van der Waals surface area contributed by atoms with Crippen LogP contribution in [0.2, 0.25) is 0 Å². The molecule has 136 valence electrons. The minimum atomic E-state index is -0.362. The van der Waals surface area contributed by atoms with Crippen LogP contribution < -0.4 is 4.90 Å². The van der Waals surface area contributed by atoms with Gasteiger partial charge >= 0.3 is 6.09 Å². The van der Waals surface area contributed by atoms with Crippen LogP contribution >= 0.6 is 11.3 Å². The van der Waals surface area contributed by atoms with Gasteiger partial charge in [-0.15, -0.1) is 11.3 Å². The first kappa shape index (κ1) is 18.0. The Bertz CT molecular complexity index is 851. The molecule has 26 heavy (non-hydrogen) atoms. The first-order chi connectivity index (χ1) is 12.6. The van der Waals surface area contributed by atoms with Crippen molar-refractivity contribution < 1.29 is 18.7 Å². The van der Waals surface area contributed by atoms with E-state index in [1.54, 1.807) is 30.9 Å². The topological polar surface area (TPSA) is 86.8 Å². The molecule has 8 heteroatoms. The van der Waals surface area contributed by atoms with Gasteiger partial charge in [-0.2, -0.15) is 5.26 Å². The Kier molecular flexibility index (Phi) is 5.28. The lowest BCUT2D eigenvalue weighted by atomic mass is 10.0. The zero-order valence-electron chi connectivity index (χ0n) is 14.7. The Morgan fingerprint density at radius 3 is 2.88 bits per heavy atom. The van der Waals surface area contributed by atoms with Gasteiger partial charge in [0, 0.05) is 23.9 Å². The number of ether oxygens (including phenoxy) is 1. The number of anilines is 2. The molecule has 0 spiro atoms. The molecule has 0 aliphatic carbocycles. The third-order valence-corrected chi connectivity index (χ3v) is 5.36. The summed E-state index contributed by atoms with van der Waals surface area (Å²) < 4.78 is 10.5. The number of hydrogen-bond donors (Lipinski definition) is 0. The molecule has 0 saturated carbocycles. The van der Waals surface area contributed by atoms with Crippen molar-refractivity contribution in [3.63, 3.8) is 0 Å². The number of carbonyl (C=O) groups is 2. The molecule has 1 aliphatic rings. The quantitative estimate of drug-likeness (QED) is 0.813. The van der Waals surface area contributed by atoms with E-state index in [0.29, 0.717) is 42.6 Å². The van der Waals surface area contributed by atoms with Gasteiger partial charge in [-0.25, -0.2) is 9.69 Å². The van der Waals surface area contributed by atoms with Gasteiger partial charge < -0.3 is 14.1 Å². The van der Waals surface area contributed by atoms with Gasteiger partial charge in [0.1, 0.15) is 11.1 Å². The highest BCUT2D eigenvalue weighted by atomic mass is 32.1. The molecule has 1 aliphatic heterocycles. The second kappa shape index (κ2) is 7.62. The fourth-order valence-electron chi connectivity index (χ4n) is 2.92. The minimum Gasteiger partial charge on any atom is -0.450 e. The third-order valence-electron chi connectivity index (χ3n) is 4.16. The molecule has 2 amide bonds. The molecular weight excluding hydrogens is 354 g/mol. The van der Waals surface area contributed by atoms with Crippen molar-refractivity contribution in [2.75, 3.05) is 18.1 Å². The van der Waals surface area contributed by atoms with Crippen molar-refractivity contribution in [3.05, 3.63) is 34.4 Å². The second-order valence-corrected chi connectivity index (χ2v) is 6.78. The number of rotatable bonds is 4. The summed E-state index contributed by atoms with van der Waals surface area (Å²) in [7, 11) is 0. The van der Waals surface area contributed by atoms with Crippen molar-refractivity contribution in [2.24, 2.45) is 0 Å². The molecule has 3 rings (SSSR count). The Morgan fingerprint density at radius 1 is 1.46 bits per heavy atom. The maximum absolute atomic E-state index is 12.5. The number of nitrogens with zero attached hydrogens (tertiary/aromatic N) is 3. The van der Waals surface area contributed by atoms with Crippen LogP contribution in [0.3, 0.4) is 0 Å². The molecule has 0 saturated heterocycles. The summed E-state index contributed by atoms with van der Waals surface area (Å²) in [4.78, 5) is 28.5.